The van der Waals surface area contributed by atoms with Crippen molar-refractivity contribution in [2.75, 3.05) is 26.8 Å². The number of halogens is 1. The van der Waals surface area contributed by atoms with Crippen molar-refractivity contribution in [2.24, 2.45) is 0 Å². The largest absolute Gasteiger partial charge is 0.496 e. The molecule has 3 rings (SSSR count). The van der Waals surface area contributed by atoms with Crippen molar-refractivity contribution >= 4 is 35.1 Å². The molecule has 1 aromatic rings. The number of hydrogen-bond donors (Lipinski definition) is 0. The fraction of sp³-hybridized carbons (Fsp3) is 0.421. The summed E-state index contributed by atoms with van der Waals surface area (Å²) >= 11 is 6.25. The van der Waals surface area contributed by atoms with Crippen molar-refractivity contribution in [3.8, 4) is 5.75 Å². The predicted octanol–water partition coefficient (Wildman–Crippen LogP) is 2.63. The SMILES string of the molecule is CCOC(=O)N1CCC(N2C(=O)C(Cl)=C(c3ccccc3OC)C2=O)CC1. The van der Waals surface area contributed by atoms with Gasteiger partial charge in [0.1, 0.15) is 10.8 Å². The Morgan fingerprint density at radius 1 is 1.19 bits per heavy atom. The molecule has 8 heteroatoms. The number of rotatable bonds is 4. The molecular weight excluding hydrogens is 372 g/mol. The maximum atomic E-state index is 13.0. The molecule has 144 valence electrons. The van der Waals surface area contributed by atoms with Gasteiger partial charge in [-0.3, -0.25) is 14.5 Å². The summed E-state index contributed by atoms with van der Waals surface area (Å²) in [6.45, 7) is 2.90. The molecule has 2 aliphatic heterocycles. The summed E-state index contributed by atoms with van der Waals surface area (Å²) in [5.41, 5.74) is 0.654. The minimum Gasteiger partial charge on any atom is -0.496 e. The van der Waals surface area contributed by atoms with Crippen molar-refractivity contribution in [3.05, 3.63) is 34.9 Å². The van der Waals surface area contributed by atoms with Crippen LogP contribution in [-0.2, 0) is 14.3 Å². The monoisotopic (exact) mass is 392 g/mol. The molecule has 0 spiro atoms. The number of nitrogens with zero attached hydrogens (tertiary/aromatic N) is 2. The third-order valence-electron chi connectivity index (χ3n) is 4.79. The summed E-state index contributed by atoms with van der Waals surface area (Å²) < 4.78 is 10.3. The lowest BCUT2D eigenvalue weighted by atomic mass is 10.0. The molecule has 0 bridgehead atoms. The van der Waals surface area contributed by atoms with Crippen LogP contribution in [0.5, 0.6) is 5.75 Å². The van der Waals surface area contributed by atoms with E-state index in [0.717, 1.165) is 0 Å². The molecule has 0 radical (unpaired) electrons. The standard InChI is InChI=1S/C19H21ClN2O5/c1-3-27-19(25)21-10-8-12(9-11-21)22-17(23)15(16(20)18(22)24)13-6-4-5-7-14(13)26-2/h4-7,12H,3,8-11H2,1-2H3. The first-order valence-corrected chi connectivity index (χ1v) is 9.20. The topological polar surface area (TPSA) is 76.2 Å². The van der Waals surface area contributed by atoms with Gasteiger partial charge in [0.25, 0.3) is 11.8 Å². The first kappa shape index (κ1) is 19.2. The number of para-hydroxylation sites is 1. The van der Waals surface area contributed by atoms with Gasteiger partial charge < -0.3 is 14.4 Å². The van der Waals surface area contributed by atoms with Gasteiger partial charge in [-0.25, -0.2) is 4.79 Å². The summed E-state index contributed by atoms with van der Waals surface area (Å²) in [6, 6.07) is 6.64. The van der Waals surface area contributed by atoms with Gasteiger partial charge in [0.2, 0.25) is 0 Å². The van der Waals surface area contributed by atoms with E-state index in [4.69, 9.17) is 21.1 Å². The fourth-order valence-electron chi connectivity index (χ4n) is 3.46. The van der Waals surface area contributed by atoms with Crippen LogP contribution in [0.1, 0.15) is 25.3 Å². The minimum absolute atomic E-state index is 0.0997. The molecule has 1 fully saturated rings. The number of imide groups is 1. The first-order valence-electron chi connectivity index (χ1n) is 8.82. The minimum atomic E-state index is -0.503. The highest BCUT2D eigenvalue weighted by molar-refractivity contribution is 6.55. The van der Waals surface area contributed by atoms with Crippen LogP contribution < -0.4 is 4.74 Å². The molecule has 1 saturated heterocycles. The van der Waals surface area contributed by atoms with Gasteiger partial charge in [-0.1, -0.05) is 29.8 Å². The van der Waals surface area contributed by atoms with Crippen LogP contribution in [0.15, 0.2) is 29.3 Å². The highest BCUT2D eigenvalue weighted by Gasteiger charge is 2.43. The Bertz CT molecular complexity index is 799. The highest BCUT2D eigenvalue weighted by Crippen LogP contribution is 2.38. The lowest BCUT2D eigenvalue weighted by Crippen LogP contribution is -2.49. The zero-order chi connectivity index (χ0) is 19.6. The molecule has 3 amide bonds. The number of methoxy groups -OCH3 is 1. The number of carbonyl (C=O) groups is 3. The molecule has 0 aliphatic carbocycles. The van der Waals surface area contributed by atoms with E-state index >= 15 is 0 Å². The number of amides is 3. The average Bonchev–Trinajstić information content (AvgIpc) is 2.91. The molecule has 0 unspecified atom stereocenters. The number of hydrogen-bond acceptors (Lipinski definition) is 5. The maximum Gasteiger partial charge on any atom is 0.409 e. The quantitative estimate of drug-likeness (QED) is 0.736. The second kappa shape index (κ2) is 8.00. The van der Waals surface area contributed by atoms with E-state index in [0.29, 0.717) is 43.9 Å². The number of benzene rings is 1. The van der Waals surface area contributed by atoms with Crippen LogP contribution >= 0.6 is 11.6 Å². The van der Waals surface area contributed by atoms with E-state index in [2.05, 4.69) is 0 Å². The van der Waals surface area contributed by atoms with Gasteiger partial charge in [-0.05, 0) is 25.8 Å². The van der Waals surface area contributed by atoms with Gasteiger partial charge in [0.05, 0.1) is 19.3 Å². The van der Waals surface area contributed by atoms with E-state index in [1.54, 1.807) is 36.1 Å². The number of piperidine rings is 1. The summed E-state index contributed by atoms with van der Waals surface area (Å²) in [5.74, 6) is -0.452. The van der Waals surface area contributed by atoms with E-state index in [-0.39, 0.29) is 22.7 Å². The molecule has 0 atom stereocenters. The van der Waals surface area contributed by atoms with E-state index in [1.165, 1.54) is 12.0 Å². The summed E-state index contributed by atoms with van der Waals surface area (Å²) in [7, 11) is 1.50. The molecule has 0 N–H and O–H groups in total. The Kier molecular flexibility index (Phi) is 5.70. The predicted molar refractivity (Wildman–Crippen MR) is 99.2 cm³/mol. The van der Waals surface area contributed by atoms with E-state index in [1.807, 2.05) is 0 Å². The second-order valence-corrected chi connectivity index (χ2v) is 6.66. The second-order valence-electron chi connectivity index (χ2n) is 6.29. The third kappa shape index (κ3) is 3.51. The Morgan fingerprint density at radius 3 is 2.48 bits per heavy atom. The Balaban J connectivity index is 1.78. The lowest BCUT2D eigenvalue weighted by molar-refractivity contribution is -0.140. The normalized spacial score (nSPS) is 18.3. The molecule has 27 heavy (non-hydrogen) atoms. The van der Waals surface area contributed by atoms with Crippen molar-refractivity contribution in [1.29, 1.82) is 0 Å². The van der Waals surface area contributed by atoms with Crippen molar-refractivity contribution in [2.45, 2.75) is 25.8 Å². The van der Waals surface area contributed by atoms with Crippen LogP contribution in [0.3, 0.4) is 0 Å². The third-order valence-corrected chi connectivity index (χ3v) is 5.14. The van der Waals surface area contributed by atoms with Crippen molar-refractivity contribution < 1.29 is 23.9 Å². The van der Waals surface area contributed by atoms with Gasteiger partial charge in [0, 0.05) is 24.7 Å². The Morgan fingerprint density at radius 2 is 1.85 bits per heavy atom. The Hall–Kier alpha value is -2.54. The van der Waals surface area contributed by atoms with Gasteiger partial charge in [-0.2, -0.15) is 0 Å². The molecular formula is C19H21ClN2O5. The lowest BCUT2D eigenvalue weighted by Gasteiger charge is -2.35. The molecule has 2 aliphatic rings. The Labute approximate surface area is 162 Å². The van der Waals surface area contributed by atoms with Gasteiger partial charge in [-0.15, -0.1) is 0 Å². The van der Waals surface area contributed by atoms with Crippen LogP contribution in [-0.4, -0.2) is 60.6 Å². The van der Waals surface area contributed by atoms with Crippen LogP contribution in [0.25, 0.3) is 5.57 Å². The van der Waals surface area contributed by atoms with Gasteiger partial charge in [0.15, 0.2) is 0 Å². The maximum absolute atomic E-state index is 13.0. The smallest absolute Gasteiger partial charge is 0.409 e. The molecule has 0 aromatic heterocycles. The van der Waals surface area contributed by atoms with Gasteiger partial charge >= 0.3 is 6.09 Å². The first-order chi connectivity index (χ1) is 13.0. The van der Waals surface area contributed by atoms with Crippen LogP contribution in [0.2, 0.25) is 0 Å². The molecule has 2 heterocycles. The number of likely N-dealkylation sites (tertiary alicyclic amines) is 1. The zero-order valence-corrected chi connectivity index (χ0v) is 16.0. The fourth-order valence-corrected chi connectivity index (χ4v) is 3.73. The summed E-state index contributed by atoms with van der Waals surface area (Å²) in [6.07, 6.45) is 0.597. The summed E-state index contributed by atoms with van der Waals surface area (Å²) in [4.78, 5) is 40.3. The number of carbonyl (C=O) groups excluding carboxylic acids is 3. The summed E-state index contributed by atoms with van der Waals surface area (Å²) in [5, 5.41) is -0.0997. The molecule has 7 nitrogen and oxygen atoms in total. The van der Waals surface area contributed by atoms with Crippen LogP contribution in [0, 0.1) is 0 Å². The highest BCUT2D eigenvalue weighted by atomic mass is 35.5. The van der Waals surface area contributed by atoms with Crippen molar-refractivity contribution in [1.82, 2.24) is 9.80 Å². The molecule has 1 aromatic carbocycles. The average molecular weight is 393 g/mol. The van der Waals surface area contributed by atoms with Crippen LogP contribution in [0.4, 0.5) is 4.79 Å². The molecule has 0 saturated carbocycles. The van der Waals surface area contributed by atoms with E-state index in [9.17, 15) is 14.4 Å². The number of ether oxygens (including phenoxy) is 2. The van der Waals surface area contributed by atoms with E-state index < -0.39 is 11.8 Å². The zero-order valence-electron chi connectivity index (χ0n) is 15.2. The van der Waals surface area contributed by atoms with Crippen molar-refractivity contribution in [3.63, 3.8) is 0 Å².